The standard InChI is InChI=1S/C24H22FN5O2/c1-14-22(15(2)30(29-14)12-11-16-7-9-17(25)10-8-16)28-24(32)21-13-19(23(26)31)18-5-3-4-6-20(18)27-21/h3-10,13H,11-12H2,1-2H3,(H2,26,31)(H,28,32). The van der Waals surface area contributed by atoms with E-state index in [4.69, 9.17) is 5.73 Å². The van der Waals surface area contributed by atoms with Crippen molar-refractivity contribution in [3.63, 3.8) is 0 Å². The number of anilines is 1. The Labute approximate surface area is 184 Å². The van der Waals surface area contributed by atoms with Crippen LogP contribution in [0.4, 0.5) is 10.1 Å². The number of aromatic nitrogens is 3. The predicted molar refractivity (Wildman–Crippen MR) is 120 cm³/mol. The fourth-order valence-electron chi connectivity index (χ4n) is 3.65. The van der Waals surface area contributed by atoms with Crippen LogP contribution < -0.4 is 11.1 Å². The van der Waals surface area contributed by atoms with E-state index < -0.39 is 11.8 Å². The number of amides is 2. The molecule has 0 unspecified atom stereocenters. The Bertz CT molecular complexity index is 1330. The Morgan fingerprint density at radius 3 is 2.53 bits per heavy atom. The Hall–Kier alpha value is -4.07. The van der Waals surface area contributed by atoms with E-state index in [1.807, 2.05) is 6.92 Å². The monoisotopic (exact) mass is 431 g/mol. The van der Waals surface area contributed by atoms with Gasteiger partial charge in [0.2, 0.25) is 5.91 Å². The minimum atomic E-state index is -0.626. The van der Waals surface area contributed by atoms with Crippen LogP contribution in [-0.2, 0) is 13.0 Å². The summed E-state index contributed by atoms with van der Waals surface area (Å²) in [6.45, 7) is 4.25. The maximum Gasteiger partial charge on any atom is 0.274 e. The van der Waals surface area contributed by atoms with Crippen LogP contribution in [0.25, 0.3) is 10.9 Å². The quantitative estimate of drug-likeness (QED) is 0.485. The lowest BCUT2D eigenvalue weighted by atomic mass is 10.1. The highest BCUT2D eigenvalue weighted by Crippen LogP contribution is 2.23. The number of para-hydroxylation sites is 1. The lowest BCUT2D eigenvalue weighted by Gasteiger charge is -2.09. The van der Waals surface area contributed by atoms with Crippen LogP contribution in [0, 0.1) is 19.7 Å². The van der Waals surface area contributed by atoms with Gasteiger partial charge >= 0.3 is 0 Å². The van der Waals surface area contributed by atoms with Gasteiger partial charge < -0.3 is 11.1 Å². The van der Waals surface area contributed by atoms with Crippen LogP contribution in [0.1, 0.15) is 37.8 Å². The highest BCUT2D eigenvalue weighted by atomic mass is 19.1. The molecule has 0 atom stereocenters. The zero-order chi connectivity index (χ0) is 22.8. The van der Waals surface area contributed by atoms with Crippen LogP contribution in [-0.4, -0.2) is 26.6 Å². The minimum Gasteiger partial charge on any atom is -0.366 e. The third-order valence-electron chi connectivity index (χ3n) is 5.36. The Morgan fingerprint density at radius 2 is 1.81 bits per heavy atom. The van der Waals surface area contributed by atoms with Crippen molar-refractivity contribution in [1.29, 1.82) is 0 Å². The number of rotatable bonds is 6. The lowest BCUT2D eigenvalue weighted by molar-refractivity contribution is 0.100. The number of carbonyl (C=O) groups excluding carboxylic acids is 2. The first-order valence-corrected chi connectivity index (χ1v) is 10.1. The average molecular weight is 431 g/mol. The van der Waals surface area contributed by atoms with Crippen molar-refractivity contribution in [3.05, 3.63) is 88.6 Å². The normalized spacial score (nSPS) is 11.0. The van der Waals surface area contributed by atoms with Crippen molar-refractivity contribution in [2.75, 3.05) is 5.32 Å². The second kappa shape index (κ2) is 8.58. The Balaban J connectivity index is 1.57. The van der Waals surface area contributed by atoms with Gasteiger partial charge in [-0.2, -0.15) is 5.10 Å². The maximum absolute atomic E-state index is 13.1. The molecule has 0 aliphatic carbocycles. The van der Waals surface area contributed by atoms with Crippen molar-refractivity contribution in [1.82, 2.24) is 14.8 Å². The number of benzene rings is 2. The number of carbonyl (C=O) groups is 2. The van der Waals surface area contributed by atoms with Crippen LogP contribution in [0.3, 0.4) is 0 Å². The molecule has 0 spiro atoms. The molecule has 7 nitrogen and oxygen atoms in total. The molecule has 32 heavy (non-hydrogen) atoms. The number of nitrogens with two attached hydrogens (primary N) is 1. The third kappa shape index (κ3) is 4.20. The average Bonchev–Trinajstić information content (AvgIpc) is 3.05. The molecule has 0 radical (unpaired) electrons. The van der Waals surface area contributed by atoms with Crippen LogP contribution in [0.15, 0.2) is 54.6 Å². The first-order chi connectivity index (χ1) is 15.3. The Kier molecular flexibility index (Phi) is 5.68. The number of primary amides is 1. The molecule has 4 aromatic rings. The molecule has 2 aromatic heterocycles. The molecule has 0 fully saturated rings. The number of hydrogen-bond acceptors (Lipinski definition) is 4. The molecule has 2 aromatic carbocycles. The molecule has 4 rings (SSSR count). The van der Waals surface area contributed by atoms with E-state index in [0.717, 1.165) is 11.3 Å². The SMILES string of the molecule is Cc1nn(CCc2ccc(F)cc2)c(C)c1NC(=O)c1cc(C(N)=O)c2ccccc2n1. The summed E-state index contributed by atoms with van der Waals surface area (Å²) < 4.78 is 14.9. The van der Waals surface area contributed by atoms with Gasteiger partial charge in [-0.3, -0.25) is 14.3 Å². The van der Waals surface area contributed by atoms with Gasteiger partial charge in [-0.25, -0.2) is 9.37 Å². The van der Waals surface area contributed by atoms with Gasteiger partial charge in [0, 0.05) is 11.9 Å². The number of halogens is 1. The van der Waals surface area contributed by atoms with Gasteiger partial charge in [0.1, 0.15) is 11.5 Å². The van der Waals surface area contributed by atoms with Gasteiger partial charge in [-0.1, -0.05) is 30.3 Å². The first-order valence-electron chi connectivity index (χ1n) is 10.1. The van der Waals surface area contributed by atoms with Crippen molar-refractivity contribution in [3.8, 4) is 0 Å². The number of hydrogen-bond donors (Lipinski definition) is 2. The van der Waals surface area contributed by atoms with Crippen LogP contribution in [0.2, 0.25) is 0 Å². The summed E-state index contributed by atoms with van der Waals surface area (Å²) in [7, 11) is 0. The summed E-state index contributed by atoms with van der Waals surface area (Å²) in [5.41, 5.74) is 9.38. The largest absolute Gasteiger partial charge is 0.366 e. The highest BCUT2D eigenvalue weighted by Gasteiger charge is 2.19. The third-order valence-corrected chi connectivity index (χ3v) is 5.36. The molecular weight excluding hydrogens is 409 g/mol. The number of aryl methyl sites for hydroxylation is 3. The second-order valence-corrected chi connectivity index (χ2v) is 7.54. The number of nitrogens with one attached hydrogen (secondary N) is 1. The van der Waals surface area contributed by atoms with Gasteiger partial charge in [0.15, 0.2) is 0 Å². The molecule has 0 aliphatic rings. The maximum atomic E-state index is 13.1. The minimum absolute atomic E-state index is 0.0929. The molecule has 3 N–H and O–H groups in total. The van der Waals surface area contributed by atoms with E-state index >= 15 is 0 Å². The van der Waals surface area contributed by atoms with E-state index in [1.165, 1.54) is 18.2 Å². The summed E-state index contributed by atoms with van der Waals surface area (Å²) in [5.74, 6) is -1.35. The predicted octanol–water partition coefficient (Wildman–Crippen LogP) is 3.78. The second-order valence-electron chi connectivity index (χ2n) is 7.54. The molecule has 8 heteroatoms. The summed E-state index contributed by atoms with van der Waals surface area (Å²) in [4.78, 5) is 29.2. The van der Waals surface area contributed by atoms with Gasteiger partial charge in [-0.15, -0.1) is 0 Å². The fourth-order valence-corrected chi connectivity index (χ4v) is 3.65. The number of nitrogens with zero attached hydrogens (tertiary/aromatic N) is 3. The zero-order valence-electron chi connectivity index (χ0n) is 17.7. The van der Waals surface area contributed by atoms with E-state index in [9.17, 15) is 14.0 Å². The van der Waals surface area contributed by atoms with Crippen molar-refractivity contribution in [2.24, 2.45) is 5.73 Å². The summed E-state index contributed by atoms with van der Waals surface area (Å²) in [5, 5.41) is 7.98. The van der Waals surface area contributed by atoms with Crippen molar-refractivity contribution in [2.45, 2.75) is 26.8 Å². The smallest absolute Gasteiger partial charge is 0.274 e. The lowest BCUT2D eigenvalue weighted by Crippen LogP contribution is -2.18. The molecule has 2 amide bonds. The fraction of sp³-hybridized carbons (Fsp3) is 0.167. The van der Waals surface area contributed by atoms with Gasteiger partial charge in [0.05, 0.1) is 28.2 Å². The van der Waals surface area contributed by atoms with Gasteiger partial charge in [-0.05, 0) is 50.1 Å². The Morgan fingerprint density at radius 1 is 1.09 bits per heavy atom. The topological polar surface area (TPSA) is 103 Å². The van der Waals surface area contributed by atoms with E-state index in [2.05, 4.69) is 15.4 Å². The van der Waals surface area contributed by atoms with E-state index in [0.29, 0.717) is 35.2 Å². The molecule has 0 saturated carbocycles. The summed E-state index contributed by atoms with van der Waals surface area (Å²) >= 11 is 0. The molecule has 0 bridgehead atoms. The van der Waals surface area contributed by atoms with E-state index in [1.54, 1.807) is 48.0 Å². The van der Waals surface area contributed by atoms with Crippen LogP contribution in [0.5, 0.6) is 0 Å². The number of pyridine rings is 1. The van der Waals surface area contributed by atoms with Crippen LogP contribution >= 0.6 is 0 Å². The molecule has 2 heterocycles. The number of fused-ring (bicyclic) bond motifs is 1. The molecular formula is C24H22FN5O2. The van der Waals surface area contributed by atoms with Crippen molar-refractivity contribution < 1.29 is 14.0 Å². The molecule has 0 saturated heterocycles. The van der Waals surface area contributed by atoms with Crippen molar-refractivity contribution >= 4 is 28.4 Å². The van der Waals surface area contributed by atoms with E-state index in [-0.39, 0.29) is 17.1 Å². The zero-order valence-corrected chi connectivity index (χ0v) is 17.7. The molecule has 0 aliphatic heterocycles. The summed E-state index contributed by atoms with van der Waals surface area (Å²) in [6.07, 6.45) is 0.670. The highest BCUT2D eigenvalue weighted by molar-refractivity contribution is 6.10. The first kappa shape index (κ1) is 21.2. The summed E-state index contributed by atoms with van der Waals surface area (Å²) in [6, 6.07) is 14.8. The van der Waals surface area contributed by atoms with Gasteiger partial charge in [0.25, 0.3) is 5.91 Å². The molecule has 162 valence electrons.